The minimum absolute atomic E-state index is 0.269. The molecule has 1 aliphatic heterocycles. The molecular formula is C9H15NOS. The van der Waals surface area contributed by atoms with Gasteiger partial charge in [-0.05, 0) is 37.9 Å². The third-order valence-corrected chi connectivity index (χ3v) is 4.05. The zero-order chi connectivity index (χ0) is 8.39. The fourth-order valence-corrected chi connectivity index (χ4v) is 2.80. The molecule has 3 heteroatoms. The number of carbonyl (C=O) groups is 1. The summed E-state index contributed by atoms with van der Waals surface area (Å²) in [6.07, 6.45) is 5.99. The van der Waals surface area contributed by atoms with Crippen molar-refractivity contribution in [2.75, 3.05) is 5.75 Å². The van der Waals surface area contributed by atoms with Gasteiger partial charge in [-0.2, -0.15) is 0 Å². The van der Waals surface area contributed by atoms with Gasteiger partial charge in [0.25, 0.3) is 0 Å². The highest BCUT2D eigenvalue weighted by Gasteiger charge is 2.27. The highest BCUT2D eigenvalue weighted by molar-refractivity contribution is 8.00. The molecule has 1 heterocycles. The van der Waals surface area contributed by atoms with Gasteiger partial charge < -0.3 is 5.32 Å². The molecule has 2 nitrogen and oxygen atoms in total. The predicted octanol–water partition coefficient (Wildman–Crippen LogP) is 1.55. The SMILES string of the molecule is O=C(NC1CCC1)C1CCCS1. The van der Waals surface area contributed by atoms with E-state index < -0.39 is 0 Å². The molecule has 0 spiro atoms. The van der Waals surface area contributed by atoms with E-state index in [0.717, 1.165) is 6.42 Å². The normalized spacial score (nSPS) is 29.8. The zero-order valence-corrected chi connectivity index (χ0v) is 8.03. The molecule has 1 aliphatic carbocycles. The highest BCUT2D eigenvalue weighted by atomic mass is 32.2. The Balaban J connectivity index is 1.74. The Morgan fingerprint density at radius 3 is 2.58 bits per heavy atom. The second-order valence-corrected chi connectivity index (χ2v) is 4.95. The summed E-state index contributed by atoms with van der Waals surface area (Å²) in [4.78, 5) is 11.5. The minimum atomic E-state index is 0.269. The van der Waals surface area contributed by atoms with Crippen LogP contribution >= 0.6 is 11.8 Å². The van der Waals surface area contributed by atoms with Crippen LogP contribution in [0.15, 0.2) is 0 Å². The van der Waals surface area contributed by atoms with E-state index >= 15 is 0 Å². The van der Waals surface area contributed by atoms with Crippen LogP contribution in [0.5, 0.6) is 0 Å². The molecule has 0 radical (unpaired) electrons. The summed E-state index contributed by atoms with van der Waals surface area (Å²) in [5, 5.41) is 3.37. The van der Waals surface area contributed by atoms with Crippen molar-refractivity contribution < 1.29 is 4.79 Å². The zero-order valence-electron chi connectivity index (χ0n) is 7.21. The van der Waals surface area contributed by atoms with E-state index in [4.69, 9.17) is 0 Å². The molecule has 0 aromatic carbocycles. The maximum Gasteiger partial charge on any atom is 0.233 e. The van der Waals surface area contributed by atoms with E-state index in [-0.39, 0.29) is 5.25 Å². The van der Waals surface area contributed by atoms with Gasteiger partial charge in [-0.25, -0.2) is 0 Å². The van der Waals surface area contributed by atoms with Gasteiger partial charge >= 0.3 is 0 Å². The number of hydrogen-bond acceptors (Lipinski definition) is 2. The van der Waals surface area contributed by atoms with Crippen molar-refractivity contribution in [2.45, 2.75) is 43.4 Å². The molecule has 1 saturated carbocycles. The van der Waals surface area contributed by atoms with Crippen LogP contribution in [0, 0.1) is 0 Å². The van der Waals surface area contributed by atoms with Gasteiger partial charge in [-0.3, -0.25) is 4.79 Å². The largest absolute Gasteiger partial charge is 0.352 e. The third-order valence-electron chi connectivity index (χ3n) is 2.67. The lowest BCUT2D eigenvalue weighted by atomic mass is 9.93. The average molecular weight is 185 g/mol. The first-order valence-electron chi connectivity index (χ1n) is 4.78. The quantitative estimate of drug-likeness (QED) is 0.707. The van der Waals surface area contributed by atoms with Gasteiger partial charge in [0.2, 0.25) is 5.91 Å². The highest BCUT2D eigenvalue weighted by Crippen LogP contribution is 2.27. The van der Waals surface area contributed by atoms with Gasteiger partial charge in [0.05, 0.1) is 5.25 Å². The summed E-state index contributed by atoms with van der Waals surface area (Å²) in [7, 11) is 0. The number of thioether (sulfide) groups is 1. The first-order chi connectivity index (χ1) is 5.86. The molecule has 2 aliphatic rings. The van der Waals surface area contributed by atoms with Crippen LogP contribution in [0.1, 0.15) is 32.1 Å². The van der Waals surface area contributed by atoms with Crippen molar-refractivity contribution >= 4 is 17.7 Å². The van der Waals surface area contributed by atoms with Gasteiger partial charge in [-0.15, -0.1) is 11.8 Å². The average Bonchev–Trinajstić information content (AvgIpc) is 2.47. The molecule has 2 fully saturated rings. The lowest BCUT2D eigenvalue weighted by Crippen LogP contribution is -2.43. The van der Waals surface area contributed by atoms with Crippen LogP contribution in [-0.4, -0.2) is 23.0 Å². The van der Waals surface area contributed by atoms with Crippen LogP contribution < -0.4 is 5.32 Å². The Morgan fingerprint density at radius 1 is 1.25 bits per heavy atom. The Bertz CT molecular complexity index is 173. The monoisotopic (exact) mass is 185 g/mol. The molecule has 2 rings (SSSR count). The minimum Gasteiger partial charge on any atom is -0.352 e. The molecule has 68 valence electrons. The second-order valence-electron chi connectivity index (χ2n) is 3.64. The molecule has 1 N–H and O–H groups in total. The molecule has 1 unspecified atom stereocenters. The van der Waals surface area contributed by atoms with Gasteiger partial charge in [0.15, 0.2) is 0 Å². The number of hydrogen-bond donors (Lipinski definition) is 1. The van der Waals surface area contributed by atoms with Crippen molar-refractivity contribution in [3.8, 4) is 0 Å². The first kappa shape index (κ1) is 8.42. The summed E-state index contributed by atoms with van der Waals surface area (Å²) in [5.74, 6) is 1.46. The van der Waals surface area contributed by atoms with Crippen LogP contribution in [-0.2, 0) is 4.79 Å². The molecule has 12 heavy (non-hydrogen) atoms. The van der Waals surface area contributed by atoms with Gasteiger partial charge in [0, 0.05) is 6.04 Å². The molecule has 0 aromatic rings. The van der Waals surface area contributed by atoms with E-state index in [1.807, 2.05) is 11.8 Å². The molecular weight excluding hydrogens is 170 g/mol. The van der Waals surface area contributed by atoms with E-state index in [9.17, 15) is 4.79 Å². The molecule has 1 saturated heterocycles. The van der Waals surface area contributed by atoms with E-state index in [0.29, 0.717) is 11.9 Å². The van der Waals surface area contributed by atoms with E-state index in [1.165, 1.54) is 31.4 Å². The van der Waals surface area contributed by atoms with E-state index in [1.54, 1.807) is 0 Å². The summed E-state index contributed by atoms with van der Waals surface area (Å²) < 4.78 is 0. The van der Waals surface area contributed by atoms with Crippen LogP contribution in [0.4, 0.5) is 0 Å². The van der Waals surface area contributed by atoms with Crippen molar-refractivity contribution in [1.29, 1.82) is 0 Å². The van der Waals surface area contributed by atoms with Crippen molar-refractivity contribution in [3.05, 3.63) is 0 Å². The summed E-state index contributed by atoms with van der Waals surface area (Å²) in [6.45, 7) is 0. The van der Waals surface area contributed by atoms with Crippen LogP contribution in [0.3, 0.4) is 0 Å². The second kappa shape index (κ2) is 3.69. The summed E-state index contributed by atoms with van der Waals surface area (Å²) in [6, 6.07) is 0.513. The lowest BCUT2D eigenvalue weighted by Gasteiger charge is -2.27. The molecule has 0 aromatic heterocycles. The Morgan fingerprint density at radius 2 is 2.08 bits per heavy atom. The maximum atomic E-state index is 11.5. The molecule has 1 amide bonds. The van der Waals surface area contributed by atoms with Crippen LogP contribution in [0.2, 0.25) is 0 Å². The topological polar surface area (TPSA) is 29.1 Å². The standard InChI is InChI=1S/C9H15NOS/c11-9(8-5-2-6-12-8)10-7-3-1-4-7/h7-8H,1-6H2,(H,10,11). The number of rotatable bonds is 2. The Hall–Kier alpha value is -0.180. The fraction of sp³-hybridized carbons (Fsp3) is 0.889. The first-order valence-corrected chi connectivity index (χ1v) is 5.83. The fourth-order valence-electron chi connectivity index (χ4n) is 1.63. The summed E-state index contributed by atoms with van der Waals surface area (Å²) in [5.41, 5.74) is 0. The predicted molar refractivity (Wildman–Crippen MR) is 51.3 cm³/mol. The third kappa shape index (κ3) is 1.76. The van der Waals surface area contributed by atoms with Crippen molar-refractivity contribution in [1.82, 2.24) is 5.32 Å². The van der Waals surface area contributed by atoms with Crippen LogP contribution in [0.25, 0.3) is 0 Å². The Kier molecular flexibility index (Phi) is 2.59. The van der Waals surface area contributed by atoms with Crippen molar-refractivity contribution in [2.24, 2.45) is 0 Å². The number of carbonyl (C=O) groups excluding carboxylic acids is 1. The van der Waals surface area contributed by atoms with E-state index in [2.05, 4.69) is 5.32 Å². The summed E-state index contributed by atoms with van der Waals surface area (Å²) >= 11 is 1.81. The number of nitrogens with one attached hydrogen (secondary N) is 1. The lowest BCUT2D eigenvalue weighted by molar-refractivity contribution is -0.121. The van der Waals surface area contributed by atoms with Gasteiger partial charge in [-0.1, -0.05) is 0 Å². The maximum absolute atomic E-state index is 11.5. The molecule has 0 bridgehead atoms. The van der Waals surface area contributed by atoms with Gasteiger partial charge in [0.1, 0.15) is 0 Å². The number of amides is 1. The molecule has 1 atom stereocenters. The Labute approximate surface area is 77.5 Å². The smallest absolute Gasteiger partial charge is 0.233 e. The van der Waals surface area contributed by atoms with Crippen molar-refractivity contribution in [3.63, 3.8) is 0 Å².